The highest BCUT2D eigenvalue weighted by molar-refractivity contribution is 7.11. The summed E-state index contributed by atoms with van der Waals surface area (Å²) in [6.07, 6.45) is 0.859. The molecule has 2 rings (SSSR count). The normalized spacial score (nSPS) is 21.4. The Hall–Kier alpha value is -0.660. The summed E-state index contributed by atoms with van der Waals surface area (Å²) in [6.45, 7) is 0. The van der Waals surface area contributed by atoms with Gasteiger partial charge in [0, 0.05) is 13.3 Å². The van der Waals surface area contributed by atoms with Crippen LogP contribution in [0.2, 0.25) is 0 Å². The minimum atomic E-state index is -4.47. The van der Waals surface area contributed by atoms with E-state index in [1.807, 2.05) is 0 Å². The second kappa shape index (κ2) is 5.99. The van der Waals surface area contributed by atoms with Crippen molar-refractivity contribution < 1.29 is 23.0 Å². The van der Waals surface area contributed by atoms with Crippen LogP contribution in [0.25, 0.3) is 0 Å². The van der Waals surface area contributed by atoms with Crippen LogP contribution in [-0.2, 0) is 10.9 Å². The zero-order chi connectivity index (χ0) is 14.8. The van der Waals surface area contributed by atoms with Crippen molar-refractivity contribution in [2.75, 3.05) is 7.11 Å². The predicted molar refractivity (Wildman–Crippen MR) is 69.5 cm³/mol. The first-order valence-electron chi connectivity index (χ1n) is 6.65. The van der Waals surface area contributed by atoms with E-state index in [0.717, 1.165) is 31.9 Å². The average molecular weight is 309 g/mol. The van der Waals surface area contributed by atoms with E-state index in [2.05, 4.69) is 4.98 Å². The molecule has 0 spiro atoms. The summed E-state index contributed by atoms with van der Waals surface area (Å²) in [6, 6.07) is 0. The number of alkyl halides is 3. The largest absolute Gasteiger partial charge is 0.443 e. The molecule has 1 heterocycles. The maximum atomic E-state index is 12.6. The topological polar surface area (TPSA) is 42.4 Å². The standard InChI is InChI=1S/C13H18F3NO2S/c1-19-12(6-4-2-3-5-7-12)10(18)9-8-17-11(20-9)13(14,15)16/h8,10,18H,2-7H2,1H3. The molecule has 1 saturated carbocycles. The fraction of sp³-hybridized carbons (Fsp3) is 0.769. The van der Waals surface area contributed by atoms with Crippen LogP contribution in [0.4, 0.5) is 13.2 Å². The van der Waals surface area contributed by atoms with Gasteiger partial charge in [0.25, 0.3) is 0 Å². The van der Waals surface area contributed by atoms with Crippen molar-refractivity contribution in [2.24, 2.45) is 0 Å². The van der Waals surface area contributed by atoms with Crippen molar-refractivity contribution in [3.8, 4) is 0 Å². The SMILES string of the molecule is COC1(C(O)c2cnc(C(F)(F)F)s2)CCCCCC1. The minimum absolute atomic E-state index is 0.223. The van der Waals surface area contributed by atoms with Crippen molar-refractivity contribution in [3.05, 3.63) is 16.1 Å². The van der Waals surface area contributed by atoms with Crippen LogP contribution in [0, 0.1) is 0 Å². The van der Waals surface area contributed by atoms with Gasteiger partial charge in [0.2, 0.25) is 0 Å². The van der Waals surface area contributed by atoms with E-state index >= 15 is 0 Å². The lowest BCUT2D eigenvalue weighted by Gasteiger charge is -2.35. The molecular formula is C13H18F3NO2S. The molecule has 7 heteroatoms. The third-order valence-electron chi connectivity index (χ3n) is 3.89. The summed E-state index contributed by atoms with van der Waals surface area (Å²) in [7, 11) is 1.51. The van der Waals surface area contributed by atoms with Gasteiger partial charge in [-0.2, -0.15) is 13.2 Å². The van der Waals surface area contributed by atoms with Crippen molar-refractivity contribution in [2.45, 2.75) is 56.4 Å². The first-order valence-corrected chi connectivity index (χ1v) is 7.47. The third kappa shape index (κ3) is 3.15. The summed E-state index contributed by atoms with van der Waals surface area (Å²) < 4.78 is 43.3. The fourth-order valence-corrected chi connectivity index (χ4v) is 3.60. The molecule has 1 N–H and O–H groups in total. The average Bonchev–Trinajstić information content (AvgIpc) is 2.77. The Labute approximate surface area is 119 Å². The van der Waals surface area contributed by atoms with E-state index in [1.165, 1.54) is 7.11 Å². The second-order valence-electron chi connectivity index (χ2n) is 5.15. The van der Waals surface area contributed by atoms with E-state index in [1.54, 1.807) is 0 Å². The summed E-state index contributed by atoms with van der Waals surface area (Å²) in [4.78, 5) is 3.59. The molecule has 3 nitrogen and oxygen atoms in total. The van der Waals surface area contributed by atoms with Gasteiger partial charge < -0.3 is 9.84 Å². The zero-order valence-electron chi connectivity index (χ0n) is 11.2. The Kier molecular flexibility index (Phi) is 4.71. The maximum absolute atomic E-state index is 12.6. The molecule has 1 unspecified atom stereocenters. The number of methoxy groups -OCH3 is 1. The molecule has 114 valence electrons. The van der Waals surface area contributed by atoms with Crippen molar-refractivity contribution >= 4 is 11.3 Å². The van der Waals surface area contributed by atoms with Crippen LogP contribution in [0.5, 0.6) is 0 Å². The number of aliphatic hydroxyl groups excluding tert-OH is 1. The number of hydrogen-bond acceptors (Lipinski definition) is 4. The molecule has 1 aliphatic rings. The number of halogens is 3. The molecule has 0 bridgehead atoms. The Balaban J connectivity index is 2.23. The molecule has 1 aromatic heterocycles. The second-order valence-corrected chi connectivity index (χ2v) is 6.21. The van der Waals surface area contributed by atoms with Gasteiger partial charge in [-0.25, -0.2) is 4.98 Å². The van der Waals surface area contributed by atoms with Crippen molar-refractivity contribution in [1.29, 1.82) is 0 Å². The monoisotopic (exact) mass is 309 g/mol. The molecule has 0 aromatic carbocycles. The van der Waals surface area contributed by atoms with Crippen LogP contribution in [0.3, 0.4) is 0 Å². The van der Waals surface area contributed by atoms with Gasteiger partial charge in [0.05, 0.1) is 10.5 Å². The van der Waals surface area contributed by atoms with Crippen LogP contribution in [0.1, 0.15) is 54.5 Å². The van der Waals surface area contributed by atoms with Crippen LogP contribution in [0.15, 0.2) is 6.20 Å². The van der Waals surface area contributed by atoms with Gasteiger partial charge in [0.15, 0.2) is 5.01 Å². The number of nitrogens with zero attached hydrogens (tertiary/aromatic N) is 1. The molecular weight excluding hydrogens is 291 g/mol. The predicted octanol–water partition coefficient (Wildman–Crippen LogP) is 3.93. The summed E-state index contributed by atoms with van der Waals surface area (Å²) in [5.41, 5.74) is -0.786. The number of rotatable bonds is 3. The Morgan fingerprint density at radius 3 is 2.35 bits per heavy atom. The lowest BCUT2D eigenvalue weighted by molar-refractivity contribution is -0.137. The molecule has 1 fully saturated rings. The van der Waals surface area contributed by atoms with Gasteiger partial charge in [0.1, 0.15) is 6.10 Å². The van der Waals surface area contributed by atoms with E-state index in [0.29, 0.717) is 24.2 Å². The molecule has 20 heavy (non-hydrogen) atoms. The number of aliphatic hydroxyl groups is 1. The zero-order valence-corrected chi connectivity index (χ0v) is 12.1. The van der Waals surface area contributed by atoms with Crippen LogP contribution in [-0.4, -0.2) is 22.8 Å². The van der Waals surface area contributed by atoms with E-state index in [9.17, 15) is 18.3 Å². The lowest BCUT2D eigenvalue weighted by Crippen LogP contribution is -2.37. The number of ether oxygens (including phenoxy) is 1. The summed E-state index contributed by atoms with van der Waals surface area (Å²) in [5, 5.41) is 9.55. The first-order chi connectivity index (χ1) is 9.39. The van der Waals surface area contributed by atoms with Crippen LogP contribution < -0.4 is 0 Å². The minimum Gasteiger partial charge on any atom is -0.384 e. The van der Waals surface area contributed by atoms with Gasteiger partial charge in [-0.05, 0) is 12.8 Å². The summed E-state index contributed by atoms with van der Waals surface area (Å²) in [5.74, 6) is 0. The van der Waals surface area contributed by atoms with E-state index < -0.39 is 22.9 Å². The fourth-order valence-electron chi connectivity index (χ4n) is 2.72. The highest BCUT2D eigenvalue weighted by Gasteiger charge is 2.42. The van der Waals surface area contributed by atoms with E-state index in [-0.39, 0.29) is 4.88 Å². The Bertz CT molecular complexity index is 439. The van der Waals surface area contributed by atoms with Crippen molar-refractivity contribution in [1.82, 2.24) is 4.98 Å². The first kappa shape index (κ1) is 15.7. The highest BCUT2D eigenvalue weighted by Crippen LogP contribution is 2.43. The molecule has 0 amide bonds. The van der Waals surface area contributed by atoms with E-state index in [4.69, 9.17) is 4.74 Å². The lowest BCUT2D eigenvalue weighted by atomic mass is 9.87. The molecule has 1 atom stereocenters. The Morgan fingerprint density at radius 2 is 1.90 bits per heavy atom. The van der Waals surface area contributed by atoms with Gasteiger partial charge >= 0.3 is 6.18 Å². The quantitative estimate of drug-likeness (QED) is 0.860. The number of hydrogen-bond donors (Lipinski definition) is 1. The smallest absolute Gasteiger partial charge is 0.384 e. The number of aromatic nitrogens is 1. The van der Waals surface area contributed by atoms with Gasteiger partial charge in [-0.3, -0.25) is 0 Å². The van der Waals surface area contributed by atoms with Crippen molar-refractivity contribution in [3.63, 3.8) is 0 Å². The molecule has 0 radical (unpaired) electrons. The highest BCUT2D eigenvalue weighted by atomic mass is 32.1. The molecule has 1 aromatic rings. The maximum Gasteiger partial charge on any atom is 0.443 e. The molecule has 0 aliphatic heterocycles. The summed E-state index contributed by atoms with van der Waals surface area (Å²) >= 11 is 0.496. The Morgan fingerprint density at radius 1 is 1.30 bits per heavy atom. The molecule has 1 aliphatic carbocycles. The third-order valence-corrected chi connectivity index (χ3v) is 4.98. The number of thiazole rings is 1. The van der Waals surface area contributed by atoms with Crippen LogP contribution >= 0.6 is 11.3 Å². The molecule has 0 saturated heterocycles. The van der Waals surface area contributed by atoms with Gasteiger partial charge in [-0.15, -0.1) is 11.3 Å². The van der Waals surface area contributed by atoms with Gasteiger partial charge in [-0.1, -0.05) is 25.7 Å².